The minimum absolute atomic E-state index is 0.0550. The maximum absolute atomic E-state index is 12.8. The van der Waals surface area contributed by atoms with Crippen LogP contribution in [-0.2, 0) is 10.2 Å². The summed E-state index contributed by atoms with van der Waals surface area (Å²) in [6.07, 6.45) is 3.55. The van der Waals surface area contributed by atoms with Crippen LogP contribution in [0.4, 0.5) is 0 Å². The molecule has 1 aromatic carbocycles. The van der Waals surface area contributed by atoms with Crippen LogP contribution in [0, 0.1) is 6.92 Å². The van der Waals surface area contributed by atoms with Crippen molar-refractivity contribution in [3.63, 3.8) is 0 Å². The Morgan fingerprint density at radius 3 is 2.33 bits per heavy atom. The molecule has 21 heavy (non-hydrogen) atoms. The molecule has 114 valence electrons. The van der Waals surface area contributed by atoms with Gasteiger partial charge in [0.1, 0.15) is 0 Å². The fraction of sp³-hybridized carbons (Fsp3) is 0.611. The number of rotatable bonds is 5. The van der Waals surface area contributed by atoms with Crippen LogP contribution in [0.2, 0.25) is 0 Å². The summed E-state index contributed by atoms with van der Waals surface area (Å²) in [5.74, 6) is 0.157. The molecule has 2 aliphatic rings. The Bertz CT molecular complexity index is 525. The third-order valence-electron chi connectivity index (χ3n) is 5.05. The summed E-state index contributed by atoms with van der Waals surface area (Å²) in [5.41, 5.74) is 1.90. The second-order valence-corrected chi connectivity index (χ2v) is 7.36. The van der Waals surface area contributed by atoms with Crippen molar-refractivity contribution in [2.45, 2.75) is 51.0 Å². The first-order chi connectivity index (χ1) is 9.91. The molecule has 1 N–H and O–H groups in total. The van der Waals surface area contributed by atoms with Gasteiger partial charge in [0.05, 0.1) is 11.0 Å². The van der Waals surface area contributed by atoms with Gasteiger partial charge in [-0.2, -0.15) is 0 Å². The molecule has 1 aliphatic heterocycles. The maximum Gasteiger partial charge on any atom is 0.230 e. The minimum atomic E-state index is -0.474. The van der Waals surface area contributed by atoms with Gasteiger partial charge in [0, 0.05) is 6.54 Å². The number of aryl methyl sites for hydroxylation is 1. The third kappa shape index (κ3) is 2.98. The quantitative estimate of drug-likeness (QED) is 0.902. The molecule has 1 aromatic rings. The van der Waals surface area contributed by atoms with Crippen LogP contribution in [0.25, 0.3) is 0 Å². The number of nitrogens with zero attached hydrogens (tertiary/aromatic N) is 1. The summed E-state index contributed by atoms with van der Waals surface area (Å²) in [4.78, 5) is 15.2. The van der Waals surface area contributed by atoms with E-state index in [0.29, 0.717) is 0 Å². The minimum Gasteiger partial charge on any atom is -0.349 e. The Hall–Kier alpha value is -1.35. The molecule has 0 aromatic heterocycles. The van der Waals surface area contributed by atoms with Gasteiger partial charge in [-0.25, -0.2) is 0 Å². The summed E-state index contributed by atoms with van der Waals surface area (Å²) >= 11 is 0. The Balaban J connectivity index is 1.67. The second-order valence-electron chi connectivity index (χ2n) is 7.36. The van der Waals surface area contributed by atoms with Crippen molar-refractivity contribution in [3.05, 3.63) is 35.4 Å². The van der Waals surface area contributed by atoms with Gasteiger partial charge >= 0.3 is 0 Å². The Morgan fingerprint density at radius 2 is 1.86 bits per heavy atom. The number of likely N-dealkylation sites (tertiary alicyclic amines) is 1. The molecule has 0 atom stereocenters. The van der Waals surface area contributed by atoms with Crippen LogP contribution in [0.3, 0.4) is 0 Å². The lowest BCUT2D eigenvalue weighted by atomic mass is 9.83. The summed E-state index contributed by atoms with van der Waals surface area (Å²) < 4.78 is 0. The highest BCUT2D eigenvalue weighted by Crippen LogP contribution is 2.38. The molecular weight excluding hydrogens is 260 g/mol. The number of carbonyl (C=O) groups is 1. The number of nitrogens with one attached hydrogen (secondary N) is 1. The fourth-order valence-corrected chi connectivity index (χ4v) is 2.94. The van der Waals surface area contributed by atoms with Crippen LogP contribution in [0.15, 0.2) is 24.3 Å². The zero-order valence-corrected chi connectivity index (χ0v) is 13.4. The van der Waals surface area contributed by atoms with E-state index in [0.717, 1.165) is 24.9 Å². The molecular formula is C18H26N2O. The molecule has 3 heteroatoms. The standard InChI is InChI=1S/C18H26N2O/c1-14-5-7-15(8-6-14)17(2,3)16(21)19-18(9-10-18)13-20-11-4-12-20/h5-8H,4,9-13H2,1-3H3,(H,19,21). The second kappa shape index (κ2) is 5.13. The van der Waals surface area contributed by atoms with Crippen molar-refractivity contribution in [3.8, 4) is 0 Å². The van der Waals surface area contributed by atoms with E-state index in [-0.39, 0.29) is 11.4 Å². The lowest BCUT2D eigenvalue weighted by Crippen LogP contribution is -2.53. The molecule has 1 heterocycles. The molecule has 3 nitrogen and oxygen atoms in total. The van der Waals surface area contributed by atoms with E-state index in [1.807, 2.05) is 13.8 Å². The first-order valence-electron chi connectivity index (χ1n) is 8.03. The smallest absolute Gasteiger partial charge is 0.230 e. The van der Waals surface area contributed by atoms with Crippen molar-refractivity contribution >= 4 is 5.91 Å². The van der Waals surface area contributed by atoms with Gasteiger partial charge in [0.25, 0.3) is 0 Å². The zero-order chi connectivity index (χ0) is 15.1. The number of carbonyl (C=O) groups excluding carboxylic acids is 1. The lowest BCUT2D eigenvalue weighted by molar-refractivity contribution is -0.126. The van der Waals surface area contributed by atoms with Gasteiger partial charge in [0.2, 0.25) is 5.91 Å². The number of hydrogen-bond acceptors (Lipinski definition) is 2. The van der Waals surface area contributed by atoms with E-state index in [1.54, 1.807) is 0 Å². The van der Waals surface area contributed by atoms with Crippen molar-refractivity contribution < 1.29 is 4.79 Å². The van der Waals surface area contributed by atoms with Crippen LogP contribution >= 0.6 is 0 Å². The molecule has 0 spiro atoms. The van der Waals surface area contributed by atoms with Gasteiger partial charge in [0.15, 0.2) is 0 Å². The highest BCUT2D eigenvalue weighted by atomic mass is 16.2. The van der Waals surface area contributed by atoms with E-state index in [4.69, 9.17) is 0 Å². The molecule has 1 saturated carbocycles. The summed E-state index contributed by atoms with van der Waals surface area (Å²) in [7, 11) is 0. The monoisotopic (exact) mass is 286 g/mol. The zero-order valence-electron chi connectivity index (χ0n) is 13.4. The van der Waals surface area contributed by atoms with Crippen molar-refractivity contribution in [2.24, 2.45) is 0 Å². The summed E-state index contributed by atoms with van der Waals surface area (Å²) in [5, 5.41) is 3.34. The van der Waals surface area contributed by atoms with E-state index in [2.05, 4.69) is 41.4 Å². The first-order valence-corrected chi connectivity index (χ1v) is 8.03. The molecule has 0 radical (unpaired) electrons. The molecule has 0 unspecified atom stereocenters. The number of amides is 1. The van der Waals surface area contributed by atoms with Gasteiger partial charge < -0.3 is 10.2 Å². The van der Waals surface area contributed by atoms with Gasteiger partial charge in [-0.15, -0.1) is 0 Å². The number of hydrogen-bond donors (Lipinski definition) is 1. The molecule has 2 fully saturated rings. The fourth-order valence-electron chi connectivity index (χ4n) is 2.94. The predicted molar refractivity (Wildman–Crippen MR) is 85.4 cm³/mol. The third-order valence-corrected chi connectivity index (χ3v) is 5.05. The van der Waals surface area contributed by atoms with Crippen LogP contribution in [0.5, 0.6) is 0 Å². The highest BCUT2D eigenvalue weighted by Gasteiger charge is 2.47. The summed E-state index contributed by atoms with van der Waals surface area (Å²) in [6.45, 7) is 9.53. The van der Waals surface area contributed by atoms with Crippen LogP contribution in [-0.4, -0.2) is 36.0 Å². The first kappa shape index (κ1) is 14.6. The molecule has 1 amide bonds. The Morgan fingerprint density at radius 1 is 1.24 bits per heavy atom. The van der Waals surface area contributed by atoms with Gasteiger partial charge in [-0.05, 0) is 58.7 Å². The molecule has 1 saturated heterocycles. The van der Waals surface area contributed by atoms with Crippen molar-refractivity contribution in [2.75, 3.05) is 19.6 Å². The predicted octanol–water partition coefficient (Wildman–Crippen LogP) is 2.63. The van der Waals surface area contributed by atoms with E-state index in [9.17, 15) is 4.79 Å². The maximum atomic E-state index is 12.8. The van der Waals surface area contributed by atoms with E-state index >= 15 is 0 Å². The Labute approximate surface area is 127 Å². The van der Waals surface area contributed by atoms with Crippen molar-refractivity contribution in [1.29, 1.82) is 0 Å². The normalized spacial score (nSPS) is 20.7. The van der Waals surface area contributed by atoms with E-state index < -0.39 is 5.41 Å². The average molecular weight is 286 g/mol. The SMILES string of the molecule is Cc1ccc(C(C)(C)C(=O)NC2(CN3CCC3)CC2)cc1. The van der Waals surface area contributed by atoms with Gasteiger partial charge in [-0.3, -0.25) is 4.79 Å². The average Bonchev–Trinajstić information content (AvgIpc) is 3.15. The lowest BCUT2D eigenvalue weighted by Gasteiger charge is -2.36. The Kier molecular flexibility index (Phi) is 3.56. The van der Waals surface area contributed by atoms with Crippen LogP contribution in [0.1, 0.15) is 44.2 Å². The topological polar surface area (TPSA) is 32.3 Å². The molecule has 3 rings (SSSR count). The molecule has 0 bridgehead atoms. The number of benzene rings is 1. The van der Waals surface area contributed by atoms with Crippen LogP contribution < -0.4 is 5.32 Å². The van der Waals surface area contributed by atoms with Gasteiger partial charge in [-0.1, -0.05) is 29.8 Å². The van der Waals surface area contributed by atoms with Crippen molar-refractivity contribution in [1.82, 2.24) is 10.2 Å². The highest BCUT2D eigenvalue weighted by molar-refractivity contribution is 5.88. The largest absolute Gasteiger partial charge is 0.349 e. The summed E-state index contributed by atoms with van der Waals surface area (Å²) in [6, 6.07) is 8.31. The van der Waals surface area contributed by atoms with E-state index in [1.165, 1.54) is 25.1 Å². The molecule has 1 aliphatic carbocycles.